The van der Waals surface area contributed by atoms with Gasteiger partial charge in [0.15, 0.2) is 0 Å². The predicted octanol–water partition coefficient (Wildman–Crippen LogP) is 1.74. The van der Waals surface area contributed by atoms with Crippen LogP contribution in [0.2, 0.25) is 0 Å². The second-order valence-electron chi connectivity index (χ2n) is 2.27. The van der Waals surface area contributed by atoms with E-state index in [1.807, 2.05) is 0 Å². The lowest BCUT2D eigenvalue weighted by molar-refractivity contribution is 0.461. The van der Waals surface area contributed by atoms with Crippen LogP contribution in [0.5, 0.6) is 0 Å². The summed E-state index contributed by atoms with van der Waals surface area (Å²) in [6.07, 6.45) is 3.53. The third-order valence-corrected chi connectivity index (χ3v) is 1.45. The normalized spacial score (nSPS) is 17.2. The van der Waals surface area contributed by atoms with Gasteiger partial charge >= 0.3 is 6.07 Å². The molecule has 0 aromatic heterocycles. The highest BCUT2D eigenvalue weighted by Gasteiger charge is 2.15. The van der Waals surface area contributed by atoms with E-state index in [1.165, 1.54) is 12.8 Å². The molecule has 2 heteroatoms. The summed E-state index contributed by atoms with van der Waals surface area (Å²) in [5.41, 5.74) is 0. The monoisotopic (exact) mass is 125 g/mol. The minimum absolute atomic E-state index is 0.927. The van der Waals surface area contributed by atoms with Gasteiger partial charge < -0.3 is 0 Å². The van der Waals surface area contributed by atoms with E-state index in [9.17, 15) is 0 Å². The Morgan fingerprint density at radius 2 is 2.11 bits per heavy atom. The Bertz CT molecular complexity index is 126. The second-order valence-corrected chi connectivity index (χ2v) is 2.27. The van der Waals surface area contributed by atoms with Crippen molar-refractivity contribution in [2.24, 2.45) is 0 Å². The van der Waals surface area contributed by atoms with Crippen LogP contribution in [-0.4, -0.2) is 18.1 Å². The first kappa shape index (κ1) is 6.41. The van der Waals surface area contributed by atoms with Crippen LogP contribution in [0.4, 0.5) is 0 Å². The van der Waals surface area contributed by atoms with E-state index in [4.69, 9.17) is 0 Å². The number of nitrogens with zero attached hydrogens (tertiary/aromatic N) is 2. The summed E-state index contributed by atoms with van der Waals surface area (Å²) in [4.78, 5) is 4.12. The molecule has 1 heterocycles. The summed E-state index contributed by atoms with van der Waals surface area (Å²) < 4.78 is 0. The average Bonchev–Trinajstić information content (AvgIpc) is 2.34. The molecule has 0 aliphatic carbocycles. The molecule has 0 spiro atoms. The van der Waals surface area contributed by atoms with E-state index in [0.29, 0.717) is 0 Å². The van der Waals surface area contributed by atoms with Crippen molar-refractivity contribution in [1.29, 1.82) is 0 Å². The Balaban J connectivity index is 2.26. The summed E-state index contributed by atoms with van der Waals surface area (Å²) in [7, 11) is 0. The molecule has 0 aromatic carbocycles. The van der Waals surface area contributed by atoms with Crippen molar-refractivity contribution in [2.75, 3.05) is 13.1 Å². The molecule has 0 saturated carbocycles. The molecule has 0 aromatic rings. The summed E-state index contributed by atoms with van der Waals surface area (Å²) in [5, 5.41) is 2.09. The largest absolute Gasteiger partial charge is 0.318 e. The minimum atomic E-state index is 0.927. The Morgan fingerprint density at radius 1 is 1.44 bits per heavy atom. The Morgan fingerprint density at radius 3 is 2.67 bits per heavy atom. The van der Waals surface area contributed by atoms with E-state index in [-0.39, 0.29) is 0 Å². The van der Waals surface area contributed by atoms with Crippen molar-refractivity contribution >= 4 is 0 Å². The smallest absolute Gasteiger partial charge is 0.0694 e. The van der Waals surface area contributed by atoms with Crippen LogP contribution in [0.1, 0.15) is 26.2 Å². The summed E-state index contributed by atoms with van der Waals surface area (Å²) in [6.45, 7) is 4.32. The van der Waals surface area contributed by atoms with E-state index in [2.05, 4.69) is 23.0 Å². The third-order valence-electron chi connectivity index (χ3n) is 1.45. The quantitative estimate of drug-likeness (QED) is 0.478. The molecule has 0 unspecified atom stereocenters. The number of hydrogen-bond donors (Lipinski definition) is 0. The molecule has 0 radical (unpaired) electrons. The Kier molecular flexibility index (Phi) is 2.38. The molecular formula is C7H13N2+. The van der Waals surface area contributed by atoms with Gasteiger partial charge in [-0.3, -0.25) is 0 Å². The van der Waals surface area contributed by atoms with Gasteiger partial charge in [0.05, 0.1) is 24.5 Å². The van der Waals surface area contributed by atoms with Crippen LogP contribution < -0.4 is 0 Å². The lowest BCUT2D eigenvalue weighted by atomic mass is 10.4. The van der Waals surface area contributed by atoms with Gasteiger partial charge in [0.25, 0.3) is 0 Å². The van der Waals surface area contributed by atoms with Crippen LogP contribution in [0, 0.1) is 6.07 Å². The Labute approximate surface area is 56.3 Å². The van der Waals surface area contributed by atoms with Gasteiger partial charge in [0.1, 0.15) is 0 Å². The Hall–Kier alpha value is -0.710. The van der Waals surface area contributed by atoms with Crippen LogP contribution in [0.25, 0.3) is 4.95 Å². The highest BCUT2D eigenvalue weighted by Crippen LogP contribution is 2.06. The zero-order valence-corrected chi connectivity index (χ0v) is 5.93. The molecule has 1 saturated heterocycles. The van der Waals surface area contributed by atoms with E-state index < -0.39 is 0 Å². The van der Waals surface area contributed by atoms with E-state index in [1.54, 1.807) is 0 Å². The van der Waals surface area contributed by atoms with Gasteiger partial charge in [-0.2, -0.15) is 0 Å². The molecule has 0 N–H and O–H groups in total. The fourth-order valence-corrected chi connectivity index (χ4v) is 0.971. The summed E-state index contributed by atoms with van der Waals surface area (Å²) in [5.74, 6) is 0. The minimum Gasteiger partial charge on any atom is -0.0694 e. The molecule has 0 atom stereocenters. The molecule has 2 nitrogen and oxygen atoms in total. The first-order chi connectivity index (χ1) is 4.43. The van der Waals surface area contributed by atoms with Gasteiger partial charge in [0.2, 0.25) is 0 Å². The van der Waals surface area contributed by atoms with Crippen molar-refractivity contribution in [3.8, 4) is 6.07 Å². The average molecular weight is 125 g/mol. The van der Waals surface area contributed by atoms with E-state index >= 15 is 0 Å². The van der Waals surface area contributed by atoms with E-state index in [0.717, 1.165) is 19.5 Å². The fourth-order valence-electron chi connectivity index (χ4n) is 0.971. The first-order valence-electron chi connectivity index (χ1n) is 3.62. The molecule has 1 aliphatic rings. The van der Waals surface area contributed by atoms with Gasteiger partial charge in [0, 0.05) is 0 Å². The highest BCUT2D eigenvalue weighted by atomic mass is 15.4. The van der Waals surface area contributed by atoms with Gasteiger partial charge in [-0.1, -0.05) is 5.01 Å². The van der Waals surface area contributed by atoms with Crippen LogP contribution in [-0.2, 0) is 0 Å². The zero-order valence-electron chi connectivity index (χ0n) is 5.93. The van der Waals surface area contributed by atoms with Crippen molar-refractivity contribution in [3.05, 3.63) is 4.95 Å². The maximum atomic E-state index is 4.12. The SMILES string of the molecule is CCC#[N+]N1CCCC1. The van der Waals surface area contributed by atoms with Gasteiger partial charge in [-0.05, 0) is 19.8 Å². The van der Waals surface area contributed by atoms with Crippen LogP contribution >= 0.6 is 0 Å². The molecule has 50 valence electrons. The van der Waals surface area contributed by atoms with Gasteiger partial charge in [-0.25, -0.2) is 0 Å². The molecule has 1 aliphatic heterocycles. The maximum absolute atomic E-state index is 4.12. The lowest BCUT2D eigenvalue weighted by Gasteiger charge is -1.88. The van der Waals surface area contributed by atoms with Crippen LogP contribution in [0.15, 0.2) is 0 Å². The fraction of sp³-hybridized carbons (Fsp3) is 0.857. The zero-order chi connectivity index (χ0) is 6.53. The lowest BCUT2D eigenvalue weighted by Crippen LogP contribution is -2.07. The summed E-state index contributed by atoms with van der Waals surface area (Å²) >= 11 is 0. The maximum Gasteiger partial charge on any atom is 0.318 e. The van der Waals surface area contributed by atoms with Crippen molar-refractivity contribution in [3.63, 3.8) is 0 Å². The van der Waals surface area contributed by atoms with Crippen molar-refractivity contribution in [1.82, 2.24) is 5.01 Å². The highest BCUT2D eigenvalue weighted by molar-refractivity contribution is 4.84. The molecule has 1 rings (SSSR count). The molecule has 9 heavy (non-hydrogen) atoms. The molecule has 1 fully saturated rings. The predicted molar refractivity (Wildman–Crippen MR) is 38.3 cm³/mol. The topological polar surface area (TPSA) is 7.60 Å². The number of hydrogen-bond acceptors (Lipinski definition) is 1. The molecule has 0 bridgehead atoms. The molecular weight excluding hydrogens is 112 g/mol. The van der Waals surface area contributed by atoms with Gasteiger partial charge in [-0.15, -0.1) is 0 Å². The summed E-state index contributed by atoms with van der Waals surface area (Å²) in [6, 6.07) is 2.94. The molecule has 0 amide bonds. The van der Waals surface area contributed by atoms with Crippen LogP contribution in [0.3, 0.4) is 0 Å². The second kappa shape index (κ2) is 3.34. The standard InChI is InChI=1S/C7H13N2/c1-2-5-8-9-6-3-4-7-9/h2-4,6-7H2,1H3/q+1. The third kappa shape index (κ3) is 1.93. The first-order valence-corrected chi connectivity index (χ1v) is 3.62. The number of rotatable bonds is 0. The van der Waals surface area contributed by atoms with Crippen molar-refractivity contribution in [2.45, 2.75) is 26.2 Å². The van der Waals surface area contributed by atoms with Crippen molar-refractivity contribution < 1.29 is 0 Å².